The molecule has 1 saturated heterocycles. The number of unbranched alkanes of at least 4 members (excludes halogenated alkanes) is 15. The maximum atomic E-state index is 13.0. The van der Waals surface area contributed by atoms with Crippen molar-refractivity contribution >= 4 is 5.91 Å². The summed E-state index contributed by atoms with van der Waals surface area (Å²) in [5, 5.41) is 54.4. The van der Waals surface area contributed by atoms with Gasteiger partial charge in [0.1, 0.15) is 24.4 Å². The topological polar surface area (TPSA) is 149 Å². The normalized spacial score (nSPS) is 19.9. The average molecular weight is 1070 g/mol. The predicted octanol–water partition coefficient (Wildman–Crippen LogP) is 15.6. The Hall–Kier alpha value is -4.19. The second-order valence-corrected chi connectivity index (χ2v) is 20.0. The van der Waals surface area contributed by atoms with Crippen molar-refractivity contribution in [1.82, 2.24) is 5.32 Å². The first kappa shape index (κ1) is 70.8. The average Bonchev–Trinajstić information content (AvgIpc) is 3.43. The largest absolute Gasteiger partial charge is 0.394 e. The van der Waals surface area contributed by atoms with E-state index in [-0.39, 0.29) is 12.5 Å². The number of amides is 1. The highest BCUT2D eigenvalue weighted by atomic mass is 16.7. The molecule has 77 heavy (non-hydrogen) atoms. The van der Waals surface area contributed by atoms with Gasteiger partial charge < -0.3 is 40.3 Å². The van der Waals surface area contributed by atoms with E-state index in [0.29, 0.717) is 6.42 Å². The van der Waals surface area contributed by atoms with Gasteiger partial charge >= 0.3 is 0 Å². The number of allylic oxidation sites excluding steroid dienone is 25. The first-order valence-electron chi connectivity index (χ1n) is 30.2. The molecule has 1 aliphatic rings. The predicted molar refractivity (Wildman–Crippen MR) is 326 cm³/mol. The fourth-order valence-electron chi connectivity index (χ4n) is 8.35. The molecule has 0 aromatic carbocycles. The minimum atomic E-state index is -1.59. The number of hydrogen-bond acceptors (Lipinski definition) is 8. The van der Waals surface area contributed by atoms with Crippen LogP contribution in [0.1, 0.15) is 206 Å². The Balaban J connectivity index is 2.22. The SMILES string of the molecule is CC/C=C\C/C=C\C/C=C\C/C=C\C/C=C\C/C=C\C/C=C\C/C=C\C/C=C\C/C=C\C/C=C\CCCCCCCC(=O)NC(COC1OC(CO)C(O)C(O)C1O)C(O)/C=C/CC/C=C/CCCCCCCCCCC. The van der Waals surface area contributed by atoms with E-state index in [1.54, 1.807) is 6.08 Å². The summed E-state index contributed by atoms with van der Waals surface area (Å²) in [6.45, 7) is 3.61. The van der Waals surface area contributed by atoms with Crippen LogP contribution in [0.5, 0.6) is 0 Å². The molecular formula is C68H109NO8. The van der Waals surface area contributed by atoms with Crippen LogP contribution in [-0.4, -0.2) is 87.5 Å². The van der Waals surface area contributed by atoms with Crippen molar-refractivity contribution in [2.75, 3.05) is 13.2 Å². The van der Waals surface area contributed by atoms with Gasteiger partial charge in [-0.05, 0) is 116 Å². The Kier molecular flexibility index (Phi) is 50.7. The van der Waals surface area contributed by atoms with Crippen LogP contribution in [-0.2, 0) is 14.3 Å². The van der Waals surface area contributed by atoms with E-state index in [9.17, 15) is 30.3 Å². The van der Waals surface area contributed by atoms with Crippen LogP contribution in [0.2, 0.25) is 0 Å². The zero-order chi connectivity index (χ0) is 55.8. The van der Waals surface area contributed by atoms with Crippen LogP contribution in [0.25, 0.3) is 0 Å². The lowest BCUT2D eigenvalue weighted by atomic mass is 9.99. The van der Waals surface area contributed by atoms with Crippen molar-refractivity contribution in [3.8, 4) is 0 Å². The van der Waals surface area contributed by atoms with Crippen LogP contribution >= 0.6 is 0 Å². The minimum absolute atomic E-state index is 0.213. The Morgan fingerprint density at radius 3 is 1.25 bits per heavy atom. The molecule has 0 radical (unpaired) electrons. The molecule has 1 heterocycles. The molecule has 6 N–H and O–H groups in total. The van der Waals surface area contributed by atoms with Crippen molar-refractivity contribution in [3.63, 3.8) is 0 Å². The lowest BCUT2D eigenvalue weighted by Gasteiger charge is -2.40. The molecule has 1 aliphatic heterocycles. The van der Waals surface area contributed by atoms with Crippen molar-refractivity contribution in [3.05, 3.63) is 158 Å². The van der Waals surface area contributed by atoms with E-state index in [1.807, 2.05) is 6.08 Å². The molecule has 0 bridgehead atoms. The fraction of sp³-hybridized carbons (Fsp3) is 0.603. The van der Waals surface area contributed by atoms with Crippen LogP contribution in [0.15, 0.2) is 158 Å². The van der Waals surface area contributed by atoms with E-state index in [4.69, 9.17) is 9.47 Å². The van der Waals surface area contributed by atoms with Gasteiger partial charge in [0.05, 0.1) is 25.4 Å². The number of carbonyl (C=O) groups is 1. The molecule has 0 aromatic heterocycles. The van der Waals surface area contributed by atoms with Gasteiger partial charge in [-0.25, -0.2) is 0 Å². The number of carbonyl (C=O) groups excluding carboxylic acids is 1. The summed E-state index contributed by atoms with van der Waals surface area (Å²) in [4.78, 5) is 13.0. The van der Waals surface area contributed by atoms with Gasteiger partial charge in [0, 0.05) is 6.42 Å². The molecule has 7 atom stereocenters. The molecular weight excluding hydrogens is 959 g/mol. The van der Waals surface area contributed by atoms with Crippen LogP contribution in [0, 0.1) is 0 Å². The van der Waals surface area contributed by atoms with E-state index in [2.05, 4.69) is 165 Å². The van der Waals surface area contributed by atoms with E-state index < -0.39 is 49.5 Å². The van der Waals surface area contributed by atoms with Gasteiger partial charge in [-0.2, -0.15) is 0 Å². The summed E-state index contributed by atoms with van der Waals surface area (Å²) in [6, 6.07) is -0.844. The van der Waals surface area contributed by atoms with Crippen LogP contribution in [0.4, 0.5) is 0 Å². The monoisotopic (exact) mass is 1070 g/mol. The summed E-state index contributed by atoms with van der Waals surface area (Å²) in [5.74, 6) is -0.213. The molecule has 1 rings (SSSR count). The minimum Gasteiger partial charge on any atom is -0.394 e. The van der Waals surface area contributed by atoms with Gasteiger partial charge in [0.15, 0.2) is 6.29 Å². The van der Waals surface area contributed by atoms with Gasteiger partial charge in [-0.1, -0.05) is 242 Å². The van der Waals surface area contributed by atoms with Crippen LogP contribution < -0.4 is 5.32 Å². The quantitative estimate of drug-likeness (QED) is 0.0261. The third kappa shape index (κ3) is 44.4. The molecule has 9 heteroatoms. The van der Waals surface area contributed by atoms with Gasteiger partial charge in [0.25, 0.3) is 0 Å². The lowest BCUT2D eigenvalue weighted by molar-refractivity contribution is -0.302. The zero-order valence-corrected chi connectivity index (χ0v) is 48.1. The summed E-state index contributed by atoms with van der Waals surface area (Å²) in [5.41, 5.74) is 0. The molecule has 0 aromatic rings. The Morgan fingerprint density at radius 1 is 0.455 bits per heavy atom. The third-order valence-corrected chi connectivity index (χ3v) is 13.1. The van der Waals surface area contributed by atoms with Crippen molar-refractivity contribution < 1.29 is 39.8 Å². The van der Waals surface area contributed by atoms with Gasteiger partial charge in [-0.3, -0.25) is 4.79 Å². The fourth-order valence-corrected chi connectivity index (χ4v) is 8.35. The summed E-state index contributed by atoms with van der Waals surface area (Å²) >= 11 is 0. The summed E-state index contributed by atoms with van der Waals surface area (Å²) < 4.78 is 11.2. The second kappa shape index (κ2) is 55.1. The van der Waals surface area contributed by atoms with E-state index >= 15 is 0 Å². The zero-order valence-electron chi connectivity index (χ0n) is 48.1. The molecule has 0 spiro atoms. The molecule has 0 saturated carbocycles. The van der Waals surface area contributed by atoms with Gasteiger partial charge in [0.2, 0.25) is 5.91 Å². The number of aliphatic hydroxyl groups excluding tert-OH is 5. The maximum Gasteiger partial charge on any atom is 0.220 e. The summed E-state index contributed by atoms with van der Waals surface area (Å²) in [6.07, 6.45) is 80.3. The third-order valence-electron chi connectivity index (χ3n) is 13.1. The first-order valence-corrected chi connectivity index (χ1v) is 30.2. The van der Waals surface area contributed by atoms with E-state index in [1.165, 1.54) is 57.8 Å². The van der Waals surface area contributed by atoms with Crippen molar-refractivity contribution in [1.29, 1.82) is 0 Å². The van der Waals surface area contributed by atoms with Crippen molar-refractivity contribution in [2.24, 2.45) is 0 Å². The molecule has 1 fully saturated rings. The highest BCUT2D eigenvalue weighted by Gasteiger charge is 2.44. The molecule has 9 nitrogen and oxygen atoms in total. The Morgan fingerprint density at radius 2 is 0.818 bits per heavy atom. The summed E-state index contributed by atoms with van der Waals surface area (Å²) in [7, 11) is 0. The highest BCUT2D eigenvalue weighted by Crippen LogP contribution is 2.22. The Labute approximate surface area is 469 Å². The molecule has 0 aliphatic carbocycles. The van der Waals surface area contributed by atoms with Crippen molar-refractivity contribution in [2.45, 2.75) is 249 Å². The lowest BCUT2D eigenvalue weighted by Crippen LogP contribution is -2.60. The number of nitrogens with one attached hydrogen (secondary N) is 1. The smallest absolute Gasteiger partial charge is 0.220 e. The second-order valence-electron chi connectivity index (χ2n) is 20.0. The number of hydrogen-bond donors (Lipinski definition) is 6. The number of rotatable bonds is 49. The van der Waals surface area contributed by atoms with Crippen LogP contribution in [0.3, 0.4) is 0 Å². The Bertz CT molecular complexity index is 1760. The standard InChI is InChI=1S/C68H109NO8/c1-3-5-7-9-11-13-15-17-19-20-21-22-23-24-25-26-27-28-29-30-31-32-33-34-35-36-37-38-39-40-41-42-44-46-48-50-52-54-56-58-64(72)69-61(60-76-68-67(75)66(74)65(73)63(59-70)77-68)62(71)57-55-53-51-49-47-45-43-18-16-14-12-10-8-6-4-2/h5,7,11,13,17,19,21-22,24-25,27-28,30-31,33-34,36-37,39-40,42,44,47,49,55,57,61-63,65-68,70-71,73-75H,3-4,6,8-10,12,14-16,18,20,23,26,29,32,35,38,41,43,45-46,48,50-54,56,58-60H2,1-2H3,(H,69,72)/b7-5-,13-11-,19-17-,22-21-,25-24-,28-27-,31-30-,34-33-,37-36-,40-39-,44-42-,49-47+,57-55+. The highest BCUT2D eigenvalue weighted by molar-refractivity contribution is 5.76. The van der Waals surface area contributed by atoms with Gasteiger partial charge in [-0.15, -0.1) is 0 Å². The van der Waals surface area contributed by atoms with E-state index in [0.717, 1.165) is 128 Å². The molecule has 7 unspecified atom stereocenters. The number of aliphatic hydroxyl groups is 5. The maximum absolute atomic E-state index is 13.0. The molecule has 1 amide bonds. The first-order chi connectivity index (χ1) is 37.8. The number of ether oxygens (including phenoxy) is 2. The molecule has 434 valence electrons.